The van der Waals surface area contributed by atoms with Crippen LogP contribution >= 0.6 is 15.9 Å². The van der Waals surface area contributed by atoms with Gasteiger partial charge in [0.25, 0.3) is 0 Å². The van der Waals surface area contributed by atoms with Gasteiger partial charge in [-0.3, -0.25) is 4.68 Å². The summed E-state index contributed by atoms with van der Waals surface area (Å²) >= 11 is 3.37. The van der Waals surface area contributed by atoms with Gasteiger partial charge in [0.2, 0.25) is 0 Å². The van der Waals surface area contributed by atoms with Crippen LogP contribution in [0.5, 0.6) is 0 Å². The monoisotopic (exact) mass is 323 g/mol. The Kier molecular flexibility index (Phi) is 3.41. The molecule has 3 nitrogen and oxygen atoms in total. The zero-order valence-electron chi connectivity index (χ0n) is 10.7. The number of hydrogen-bond donors (Lipinski definition) is 1. The topological polar surface area (TPSA) is 29.9 Å². The lowest BCUT2D eigenvalue weighted by atomic mass is 10.1. The highest BCUT2D eigenvalue weighted by molar-refractivity contribution is 9.10. The van der Waals surface area contributed by atoms with Crippen molar-refractivity contribution in [3.05, 3.63) is 40.2 Å². The standard InChI is InChI=1S/C14H15BrFN3/c1-19-14(12-3-2-6-17-12)8-13(18-19)10-7-9(15)4-5-11(10)16/h4-5,7-8,12,17H,2-3,6H2,1H3. The molecule has 2 heterocycles. The number of aryl methyl sites for hydroxylation is 1. The fourth-order valence-electron chi connectivity index (χ4n) is 2.57. The molecule has 0 saturated carbocycles. The number of rotatable bonds is 2. The molecule has 1 unspecified atom stereocenters. The minimum atomic E-state index is -0.243. The molecule has 1 aliphatic rings. The van der Waals surface area contributed by atoms with Gasteiger partial charge >= 0.3 is 0 Å². The van der Waals surface area contributed by atoms with E-state index in [0.717, 1.165) is 23.1 Å². The van der Waals surface area contributed by atoms with Crippen LogP contribution in [0, 0.1) is 5.82 Å². The van der Waals surface area contributed by atoms with E-state index in [4.69, 9.17) is 0 Å². The van der Waals surface area contributed by atoms with E-state index in [2.05, 4.69) is 26.3 Å². The van der Waals surface area contributed by atoms with Gasteiger partial charge in [-0.2, -0.15) is 5.10 Å². The Morgan fingerprint density at radius 1 is 1.42 bits per heavy atom. The van der Waals surface area contributed by atoms with Gasteiger partial charge in [-0.05, 0) is 43.7 Å². The van der Waals surface area contributed by atoms with Crippen LogP contribution in [0.4, 0.5) is 4.39 Å². The average molecular weight is 324 g/mol. The fraction of sp³-hybridized carbons (Fsp3) is 0.357. The second-order valence-corrected chi connectivity index (χ2v) is 5.77. The lowest BCUT2D eigenvalue weighted by molar-refractivity contribution is 0.574. The first-order chi connectivity index (χ1) is 9.15. The smallest absolute Gasteiger partial charge is 0.132 e. The van der Waals surface area contributed by atoms with E-state index in [-0.39, 0.29) is 5.82 Å². The molecule has 100 valence electrons. The summed E-state index contributed by atoms with van der Waals surface area (Å²) in [4.78, 5) is 0. The van der Waals surface area contributed by atoms with Gasteiger partial charge in [0, 0.05) is 23.1 Å². The molecule has 19 heavy (non-hydrogen) atoms. The summed E-state index contributed by atoms with van der Waals surface area (Å²) < 4.78 is 16.6. The molecule has 3 rings (SSSR count). The van der Waals surface area contributed by atoms with Crippen LogP contribution < -0.4 is 5.32 Å². The Labute approximate surface area is 119 Å². The van der Waals surface area contributed by atoms with Gasteiger partial charge in [0.15, 0.2) is 0 Å². The Morgan fingerprint density at radius 2 is 2.26 bits per heavy atom. The van der Waals surface area contributed by atoms with Crippen molar-refractivity contribution in [2.75, 3.05) is 6.54 Å². The van der Waals surface area contributed by atoms with Gasteiger partial charge in [0.1, 0.15) is 5.82 Å². The summed E-state index contributed by atoms with van der Waals surface area (Å²) in [6, 6.07) is 7.24. The van der Waals surface area contributed by atoms with Crippen LogP contribution in [-0.4, -0.2) is 16.3 Å². The SMILES string of the molecule is Cn1nc(-c2cc(Br)ccc2F)cc1C1CCCN1. The van der Waals surface area contributed by atoms with Gasteiger partial charge in [-0.1, -0.05) is 15.9 Å². The predicted molar refractivity (Wildman–Crippen MR) is 76.3 cm³/mol. The molecule has 1 N–H and O–H groups in total. The Bertz CT molecular complexity index is 603. The van der Waals surface area contributed by atoms with Crippen LogP contribution in [0.15, 0.2) is 28.7 Å². The zero-order valence-corrected chi connectivity index (χ0v) is 12.2. The first-order valence-corrected chi connectivity index (χ1v) is 7.17. The number of nitrogens with one attached hydrogen (secondary N) is 1. The molecule has 1 saturated heterocycles. The van der Waals surface area contributed by atoms with E-state index in [1.165, 1.54) is 12.5 Å². The minimum absolute atomic E-state index is 0.243. The maximum atomic E-state index is 13.9. The molecule has 1 aromatic carbocycles. The van der Waals surface area contributed by atoms with E-state index in [9.17, 15) is 4.39 Å². The van der Waals surface area contributed by atoms with Gasteiger partial charge < -0.3 is 5.32 Å². The summed E-state index contributed by atoms with van der Waals surface area (Å²) in [6.07, 6.45) is 2.29. The molecule has 0 bridgehead atoms. The fourth-order valence-corrected chi connectivity index (χ4v) is 2.93. The quantitative estimate of drug-likeness (QED) is 0.917. The van der Waals surface area contributed by atoms with Crippen molar-refractivity contribution in [3.8, 4) is 11.3 Å². The number of halogens is 2. The van der Waals surface area contributed by atoms with Crippen molar-refractivity contribution >= 4 is 15.9 Å². The molecule has 5 heteroatoms. The largest absolute Gasteiger partial charge is 0.309 e. The van der Waals surface area contributed by atoms with E-state index in [0.29, 0.717) is 17.3 Å². The molecule has 2 aromatic rings. The molecule has 0 amide bonds. The van der Waals surface area contributed by atoms with Crippen LogP contribution in [0.2, 0.25) is 0 Å². The Morgan fingerprint density at radius 3 is 3.00 bits per heavy atom. The number of hydrogen-bond acceptors (Lipinski definition) is 2. The van der Waals surface area contributed by atoms with Crippen LogP contribution in [0.3, 0.4) is 0 Å². The summed E-state index contributed by atoms with van der Waals surface area (Å²) in [6.45, 7) is 1.04. The third kappa shape index (κ3) is 2.44. The van der Waals surface area contributed by atoms with Crippen molar-refractivity contribution in [1.29, 1.82) is 0 Å². The number of benzene rings is 1. The summed E-state index contributed by atoms with van der Waals surface area (Å²) in [5.74, 6) is -0.243. The summed E-state index contributed by atoms with van der Waals surface area (Å²) in [5, 5.41) is 7.88. The molecular formula is C14H15BrFN3. The van der Waals surface area contributed by atoms with E-state index in [1.54, 1.807) is 12.1 Å². The lowest BCUT2D eigenvalue weighted by Gasteiger charge is -2.09. The third-order valence-corrected chi connectivity index (χ3v) is 4.03. The first-order valence-electron chi connectivity index (χ1n) is 6.38. The van der Waals surface area contributed by atoms with Crippen LogP contribution in [0.1, 0.15) is 24.6 Å². The Balaban J connectivity index is 2.01. The van der Waals surface area contributed by atoms with Crippen LogP contribution in [0.25, 0.3) is 11.3 Å². The average Bonchev–Trinajstić information content (AvgIpc) is 3.01. The number of aromatic nitrogens is 2. The molecule has 0 aliphatic carbocycles. The molecule has 1 fully saturated rings. The summed E-state index contributed by atoms with van der Waals surface area (Å²) in [5.41, 5.74) is 2.34. The van der Waals surface area contributed by atoms with Crippen molar-refractivity contribution in [3.63, 3.8) is 0 Å². The minimum Gasteiger partial charge on any atom is -0.309 e. The highest BCUT2D eigenvalue weighted by Crippen LogP contribution is 2.29. The van der Waals surface area contributed by atoms with Crippen molar-refractivity contribution < 1.29 is 4.39 Å². The van der Waals surface area contributed by atoms with E-state index >= 15 is 0 Å². The summed E-state index contributed by atoms with van der Waals surface area (Å²) in [7, 11) is 1.91. The van der Waals surface area contributed by atoms with Gasteiger partial charge in [-0.15, -0.1) is 0 Å². The van der Waals surface area contributed by atoms with Gasteiger partial charge in [0.05, 0.1) is 11.4 Å². The second kappa shape index (κ2) is 5.06. The van der Waals surface area contributed by atoms with Crippen molar-refractivity contribution in [2.45, 2.75) is 18.9 Å². The van der Waals surface area contributed by atoms with Crippen molar-refractivity contribution in [2.24, 2.45) is 7.05 Å². The Hall–Kier alpha value is -1.20. The first kappa shape index (κ1) is 12.8. The van der Waals surface area contributed by atoms with Gasteiger partial charge in [-0.25, -0.2) is 4.39 Å². The molecule has 1 atom stereocenters. The normalized spacial score (nSPS) is 19.0. The third-order valence-electron chi connectivity index (χ3n) is 3.54. The van der Waals surface area contributed by atoms with Crippen molar-refractivity contribution in [1.82, 2.24) is 15.1 Å². The van der Waals surface area contributed by atoms with Crippen LogP contribution in [-0.2, 0) is 7.05 Å². The maximum absolute atomic E-state index is 13.9. The molecule has 0 spiro atoms. The predicted octanol–water partition coefficient (Wildman–Crippen LogP) is 3.41. The van der Waals surface area contributed by atoms with E-state index < -0.39 is 0 Å². The highest BCUT2D eigenvalue weighted by Gasteiger charge is 2.21. The zero-order chi connectivity index (χ0) is 13.4. The lowest BCUT2D eigenvalue weighted by Crippen LogP contribution is -2.16. The maximum Gasteiger partial charge on any atom is 0.132 e. The molecular weight excluding hydrogens is 309 g/mol. The van der Waals surface area contributed by atoms with E-state index in [1.807, 2.05) is 17.8 Å². The molecule has 1 aliphatic heterocycles. The highest BCUT2D eigenvalue weighted by atomic mass is 79.9. The second-order valence-electron chi connectivity index (χ2n) is 4.85. The molecule has 0 radical (unpaired) electrons. The number of nitrogens with zero attached hydrogens (tertiary/aromatic N) is 2. The molecule has 1 aromatic heterocycles.